The van der Waals surface area contributed by atoms with Crippen LogP contribution >= 0.6 is 39.9 Å². The first-order chi connectivity index (χ1) is 12.6. The maximum atomic E-state index is 4.42. The lowest BCUT2D eigenvalue weighted by atomic mass is 10.0. The third kappa shape index (κ3) is 7.18. The average Bonchev–Trinajstić information content (AvgIpc) is 3.07. The molecule has 1 unspecified atom stereocenters. The molecule has 1 aromatic rings. The van der Waals surface area contributed by atoms with Gasteiger partial charge in [-0.3, -0.25) is 9.89 Å². The summed E-state index contributed by atoms with van der Waals surface area (Å²) in [6, 6.07) is 9.83. The number of hydrogen-bond donors (Lipinski definition) is 2. The molecule has 152 valence electrons. The van der Waals surface area contributed by atoms with Crippen molar-refractivity contribution in [1.29, 1.82) is 0 Å². The van der Waals surface area contributed by atoms with Gasteiger partial charge in [0.1, 0.15) is 0 Å². The molecule has 0 radical (unpaired) electrons. The minimum atomic E-state index is 0. The van der Waals surface area contributed by atoms with E-state index in [0.29, 0.717) is 12.1 Å². The highest BCUT2D eigenvalue weighted by atomic mass is 127. The molecule has 1 atom stereocenters. The first-order valence-corrected chi connectivity index (χ1v) is 10.6. The second kappa shape index (κ2) is 11.6. The Balaban J connectivity index is 0.00000261. The van der Waals surface area contributed by atoms with E-state index < -0.39 is 0 Å². The van der Waals surface area contributed by atoms with E-state index in [1.54, 1.807) is 0 Å². The molecule has 2 aliphatic heterocycles. The minimum absolute atomic E-state index is 0. The van der Waals surface area contributed by atoms with Crippen LogP contribution in [0, 0.1) is 0 Å². The van der Waals surface area contributed by atoms with Gasteiger partial charge in [-0.2, -0.15) is 0 Å². The third-order valence-corrected chi connectivity index (χ3v) is 6.18. The van der Waals surface area contributed by atoms with Crippen LogP contribution in [0.1, 0.15) is 31.2 Å². The van der Waals surface area contributed by atoms with Crippen LogP contribution in [0.3, 0.4) is 0 Å². The molecular weight excluding hydrogens is 517 g/mol. The minimum Gasteiger partial charge on any atom is -0.355 e. The fraction of sp³-hybridized carbons (Fsp3) is 0.650. The van der Waals surface area contributed by atoms with Crippen molar-refractivity contribution in [2.24, 2.45) is 4.99 Å². The maximum Gasteiger partial charge on any atom is 0.191 e. The molecule has 0 spiro atoms. The molecule has 0 amide bonds. The van der Waals surface area contributed by atoms with E-state index in [2.05, 4.69) is 72.7 Å². The smallest absolute Gasteiger partial charge is 0.191 e. The van der Waals surface area contributed by atoms with Crippen molar-refractivity contribution in [3.8, 4) is 0 Å². The molecule has 3 rings (SSSR count). The van der Waals surface area contributed by atoms with Crippen LogP contribution in [0.4, 0.5) is 0 Å². The number of benzene rings is 1. The second-order valence-electron chi connectivity index (χ2n) is 7.55. The number of nitrogens with one attached hydrogen (secondary N) is 2. The summed E-state index contributed by atoms with van der Waals surface area (Å²) >= 11 is 3.50. The summed E-state index contributed by atoms with van der Waals surface area (Å²) in [5, 5.41) is 7.15. The number of rotatable bonds is 5. The lowest BCUT2D eigenvalue weighted by molar-refractivity contribution is 0.198. The Morgan fingerprint density at radius 1 is 1.15 bits per heavy atom. The normalized spacial score (nSPS) is 22.5. The molecule has 2 N–H and O–H groups in total. The Morgan fingerprint density at radius 3 is 2.44 bits per heavy atom. The fourth-order valence-corrected chi connectivity index (χ4v) is 4.19. The highest BCUT2D eigenvalue weighted by Gasteiger charge is 2.22. The van der Waals surface area contributed by atoms with Crippen LogP contribution < -0.4 is 10.6 Å². The van der Waals surface area contributed by atoms with Gasteiger partial charge in [0.25, 0.3) is 0 Å². The molecular formula is C20H33BrIN5. The molecule has 0 aromatic heterocycles. The quantitative estimate of drug-likeness (QED) is 0.336. The Morgan fingerprint density at radius 2 is 1.85 bits per heavy atom. The number of guanidine groups is 1. The van der Waals surface area contributed by atoms with Crippen molar-refractivity contribution in [2.45, 2.75) is 44.3 Å². The summed E-state index contributed by atoms with van der Waals surface area (Å²) in [7, 11) is 4.09. The van der Waals surface area contributed by atoms with Gasteiger partial charge in [-0.25, -0.2) is 0 Å². The highest BCUT2D eigenvalue weighted by Crippen LogP contribution is 2.16. The summed E-state index contributed by atoms with van der Waals surface area (Å²) < 4.78 is 1.15. The molecule has 0 saturated carbocycles. The van der Waals surface area contributed by atoms with Crippen molar-refractivity contribution in [3.05, 3.63) is 34.3 Å². The number of likely N-dealkylation sites (tertiary alicyclic amines) is 2. The van der Waals surface area contributed by atoms with Gasteiger partial charge in [-0.05, 0) is 57.0 Å². The van der Waals surface area contributed by atoms with Gasteiger partial charge >= 0.3 is 0 Å². The molecule has 27 heavy (non-hydrogen) atoms. The Hall–Kier alpha value is -0.380. The first-order valence-electron chi connectivity index (χ1n) is 9.78. The molecule has 1 aromatic carbocycles. The van der Waals surface area contributed by atoms with Gasteiger partial charge in [0.2, 0.25) is 0 Å². The van der Waals surface area contributed by atoms with Gasteiger partial charge in [-0.15, -0.1) is 24.0 Å². The van der Waals surface area contributed by atoms with Crippen molar-refractivity contribution in [3.63, 3.8) is 0 Å². The fourth-order valence-electron chi connectivity index (χ4n) is 3.92. The number of halogens is 2. The van der Waals surface area contributed by atoms with Crippen molar-refractivity contribution >= 4 is 45.9 Å². The van der Waals surface area contributed by atoms with E-state index >= 15 is 0 Å². The Kier molecular flexibility index (Phi) is 9.82. The first kappa shape index (κ1) is 22.9. The maximum absolute atomic E-state index is 4.42. The van der Waals surface area contributed by atoms with Crippen molar-refractivity contribution < 1.29 is 0 Å². The number of piperidine rings is 1. The molecule has 0 aliphatic carbocycles. The van der Waals surface area contributed by atoms with E-state index in [1.165, 1.54) is 37.8 Å². The monoisotopic (exact) mass is 549 g/mol. The predicted octanol–water partition coefficient (Wildman–Crippen LogP) is 3.29. The van der Waals surface area contributed by atoms with E-state index in [1.807, 2.05) is 7.05 Å². The SMILES string of the molecule is CN=C(NCC1CCCN1C)NC1CCN(Cc2ccc(Br)cc2)CC1.I. The summed E-state index contributed by atoms with van der Waals surface area (Å²) in [5.41, 5.74) is 1.39. The van der Waals surface area contributed by atoms with Crippen molar-refractivity contribution in [1.82, 2.24) is 20.4 Å². The number of likely N-dealkylation sites (N-methyl/N-ethyl adjacent to an activating group) is 1. The number of aliphatic imine (C=N–C) groups is 1. The van der Waals surface area contributed by atoms with Gasteiger partial charge in [0.05, 0.1) is 0 Å². The lowest BCUT2D eigenvalue weighted by Gasteiger charge is -2.33. The average molecular weight is 550 g/mol. The Labute approximate surface area is 189 Å². The molecule has 2 fully saturated rings. The standard InChI is InChI=1S/C20H32BrN5.HI/c1-22-20(23-14-19-4-3-11-25(19)2)24-18-9-12-26(13-10-18)15-16-5-7-17(21)8-6-16;/h5-8,18-19H,3-4,9-15H2,1-2H3,(H2,22,23,24);1H. The Bertz CT molecular complexity index is 587. The van der Waals surface area contributed by atoms with Crippen molar-refractivity contribution in [2.75, 3.05) is 40.3 Å². The summed E-state index contributed by atoms with van der Waals surface area (Å²) in [4.78, 5) is 9.41. The second-order valence-corrected chi connectivity index (χ2v) is 8.47. The largest absolute Gasteiger partial charge is 0.355 e. The molecule has 2 aliphatic rings. The van der Waals surface area contributed by atoms with Crippen LogP contribution in [0.25, 0.3) is 0 Å². The van der Waals surface area contributed by atoms with Gasteiger partial charge in [-0.1, -0.05) is 28.1 Å². The summed E-state index contributed by atoms with van der Waals surface area (Å²) in [6.45, 7) is 5.51. The van der Waals surface area contributed by atoms with Crippen LogP contribution in [-0.4, -0.2) is 68.1 Å². The number of hydrogen-bond acceptors (Lipinski definition) is 3. The van der Waals surface area contributed by atoms with E-state index in [9.17, 15) is 0 Å². The van der Waals surface area contributed by atoms with Gasteiger partial charge < -0.3 is 15.5 Å². The van der Waals surface area contributed by atoms with Crippen LogP contribution in [0.15, 0.2) is 33.7 Å². The molecule has 2 heterocycles. The number of nitrogens with zero attached hydrogens (tertiary/aromatic N) is 3. The molecule has 0 bridgehead atoms. The zero-order valence-corrected chi connectivity index (χ0v) is 20.4. The third-order valence-electron chi connectivity index (χ3n) is 5.65. The highest BCUT2D eigenvalue weighted by molar-refractivity contribution is 14.0. The lowest BCUT2D eigenvalue weighted by Crippen LogP contribution is -2.50. The summed E-state index contributed by atoms with van der Waals surface area (Å²) in [6.07, 6.45) is 4.93. The predicted molar refractivity (Wildman–Crippen MR) is 128 cm³/mol. The molecule has 7 heteroatoms. The molecule has 5 nitrogen and oxygen atoms in total. The van der Waals surface area contributed by atoms with Crippen LogP contribution in [0.2, 0.25) is 0 Å². The van der Waals surface area contributed by atoms with Crippen LogP contribution in [0.5, 0.6) is 0 Å². The zero-order chi connectivity index (χ0) is 18.4. The van der Waals surface area contributed by atoms with E-state index in [0.717, 1.165) is 36.6 Å². The van der Waals surface area contributed by atoms with Crippen LogP contribution in [-0.2, 0) is 6.54 Å². The van der Waals surface area contributed by atoms with E-state index in [-0.39, 0.29) is 24.0 Å². The summed E-state index contributed by atoms with van der Waals surface area (Å²) in [5.74, 6) is 0.955. The van der Waals surface area contributed by atoms with E-state index in [4.69, 9.17) is 0 Å². The molecule has 2 saturated heterocycles. The zero-order valence-electron chi connectivity index (χ0n) is 16.5. The topological polar surface area (TPSA) is 42.9 Å². The van der Waals surface area contributed by atoms with Gasteiger partial charge in [0.15, 0.2) is 5.96 Å². The van der Waals surface area contributed by atoms with Gasteiger partial charge in [0, 0.05) is 49.8 Å².